The topological polar surface area (TPSA) is 75.3 Å². The number of hydrogen-bond acceptors (Lipinski definition) is 4. The summed E-state index contributed by atoms with van der Waals surface area (Å²) in [6.07, 6.45) is 0.545. The highest BCUT2D eigenvalue weighted by molar-refractivity contribution is 7.89. The third-order valence-electron chi connectivity index (χ3n) is 2.56. The summed E-state index contributed by atoms with van der Waals surface area (Å²) in [7, 11) is -0.662. The van der Waals surface area contributed by atoms with Crippen molar-refractivity contribution < 1.29 is 17.6 Å². The third kappa shape index (κ3) is 3.51. The highest BCUT2D eigenvalue weighted by Crippen LogP contribution is 2.25. The fraction of sp³-hybridized carbons (Fsp3) is 0.364. The van der Waals surface area contributed by atoms with Crippen LogP contribution in [0.4, 0.5) is 10.1 Å². The summed E-state index contributed by atoms with van der Waals surface area (Å²) in [5.74, 6) is -1.66. The monoisotopic (exact) mass is 274 g/mol. The Balaban J connectivity index is 3.13. The molecule has 0 aliphatic carbocycles. The minimum Gasteiger partial charge on any atom is -0.388 e. The first-order valence-corrected chi connectivity index (χ1v) is 6.92. The lowest BCUT2D eigenvalue weighted by atomic mass is 10.0. The van der Waals surface area contributed by atoms with E-state index in [0.29, 0.717) is 17.5 Å². The summed E-state index contributed by atoms with van der Waals surface area (Å²) in [4.78, 5) is 11.0. The van der Waals surface area contributed by atoms with Crippen molar-refractivity contribution in [1.82, 2.24) is 4.72 Å². The molecule has 0 saturated carbocycles. The smallest absolute Gasteiger partial charge is 0.212 e. The van der Waals surface area contributed by atoms with Crippen molar-refractivity contribution in [2.75, 3.05) is 25.2 Å². The largest absolute Gasteiger partial charge is 0.388 e. The van der Waals surface area contributed by atoms with Gasteiger partial charge in [0.15, 0.2) is 0 Å². The zero-order valence-electron chi connectivity index (χ0n) is 10.1. The van der Waals surface area contributed by atoms with E-state index in [1.165, 1.54) is 25.2 Å². The van der Waals surface area contributed by atoms with Gasteiger partial charge in [-0.25, -0.2) is 17.5 Å². The molecule has 2 N–H and O–H groups in total. The average molecular weight is 274 g/mol. The molecule has 100 valence electrons. The predicted octanol–water partition coefficient (Wildman–Crippen LogP) is 0.699. The predicted molar refractivity (Wildman–Crippen MR) is 67.6 cm³/mol. The lowest BCUT2D eigenvalue weighted by Gasteiger charge is -2.15. The minimum atomic E-state index is -3.52. The molecule has 0 radical (unpaired) electrons. The Bertz CT molecular complexity index is 531. The molecule has 18 heavy (non-hydrogen) atoms. The van der Waals surface area contributed by atoms with E-state index in [-0.39, 0.29) is 5.75 Å². The number of anilines is 1. The van der Waals surface area contributed by atoms with Crippen molar-refractivity contribution in [3.05, 3.63) is 29.6 Å². The Kier molecular flexibility index (Phi) is 4.80. The summed E-state index contributed by atoms with van der Waals surface area (Å²) < 4.78 is 38.1. The lowest BCUT2D eigenvalue weighted by Crippen LogP contribution is -2.26. The van der Waals surface area contributed by atoms with Crippen LogP contribution >= 0.6 is 0 Å². The van der Waals surface area contributed by atoms with Crippen LogP contribution in [0, 0.1) is 5.82 Å². The number of halogens is 1. The van der Waals surface area contributed by atoms with Crippen LogP contribution in [0.2, 0.25) is 0 Å². The summed E-state index contributed by atoms with van der Waals surface area (Å²) in [6.45, 7) is 0. The molecule has 0 aliphatic heterocycles. The van der Waals surface area contributed by atoms with Gasteiger partial charge in [0.1, 0.15) is 12.1 Å². The van der Waals surface area contributed by atoms with E-state index >= 15 is 0 Å². The summed E-state index contributed by atoms with van der Waals surface area (Å²) >= 11 is 0. The number of aldehydes is 1. The normalized spacial score (nSPS) is 13.1. The lowest BCUT2D eigenvalue weighted by molar-refractivity contribution is -0.108. The maximum Gasteiger partial charge on any atom is 0.212 e. The van der Waals surface area contributed by atoms with Crippen LogP contribution in [-0.4, -0.2) is 34.6 Å². The van der Waals surface area contributed by atoms with Gasteiger partial charge < -0.3 is 10.1 Å². The number of nitrogens with one attached hydrogen (secondary N) is 2. The van der Waals surface area contributed by atoms with E-state index in [9.17, 15) is 17.6 Å². The fourth-order valence-electron chi connectivity index (χ4n) is 1.59. The molecule has 1 rings (SSSR count). The molecule has 0 bridgehead atoms. The van der Waals surface area contributed by atoms with E-state index in [1.807, 2.05) is 0 Å². The molecule has 1 aromatic carbocycles. The molecule has 0 fully saturated rings. The molecule has 0 aliphatic rings. The number of carbonyl (C=O) groups excluding carboxylic acids is 1. The van der Waals surface area contributed by atoms with Gasteiger partial charge in [0, 0.05) is 12.7 Å². The van der Waals surface area contributed by atoms with Crippen molar-refractivity contribution in [2.24, 2.45) is 0 Å². The SMILES string of the molecule is CNc1cc(F)ccc1C(C=O)CS(=O)(=O)NC. The molecule has 7 heteroatoms. The zero-order chi connectivity index (χ0) is 13.8. The van der Waals surface area contributed by atoms with Crippen molar-refractivity contribution in [1.29, 1.82) is 0 Å². The average Bonchev–Trinajstić information content (AvgIpc) is 2.36. The van der Waals surface area contributed by atoms with Crippen LogP contribution in [0.5, 0.6) is 0 Å². The van der Waals surface area contributed by atoms with Crippen LogP contribution in [0.1, 0.15) is 11.5 Å². The molecule has 0 heterocycles. The van der Waals surface area contributed by atoms with Gasteiger partial charge in [-0.3, -0.25) is 0 Å². The van der Waals surface area contributed by atoms with Crippen molar-refractivity contribution in [2.45, 2.75) is 5.92 Å². The van der Waals surface area contributed by atoms with E-state index < -0.39 is 21.8 Å². The molecular weight excluding hydrogens is 259 g/mol. The molecule has 0 saturated heterocycles. The van der Waals surface area contributed by atoms with Gasteiger partial charge in [0.25, 0.3) is 0 Å². The summed E-state index contributed by atoms with van der Waals surface area (Å²) in [5, 5.41) is 2.74. The summed E-state index contributed by atoms with van der Waals surface area (Å²) in [5.41, 5.74) is 0.853. The molecule has 0 amide bonds. The van der Waals surface area contributed by atoms with Crippen molar-refractivity contribution in [3.8, 4) is 0 Å². The van der Waals surface area contributed by atoms with Gasteiger partial charge in [-0.15, -0.1) is 0 Å². The van der Waals surface area contributed by atoms with Crippen molar-refractivity contribution >= 4 is 22.0 Å². The highest BCUT2D eigenvalue weighted by Gasteiger charge is 2.21. The van der Waals surface area contributed by atoms with Gasteiger partial charge in [0.05, 0.1) is 11.7 Å². The van der Waals surface area contributed by atoms with Gasteiger partial charge in [-0.05, 0) is 24.7 Å². The Morgan fingerprint density at radius 2 is 2.06 bits per heavy atom. The minimum absolute atomic E-state index is 0.368. The molecule has 1 atom stereocenters. The van der Waals surface area contributed by atoms with E-state index in [2.05, 4.69) is 10.0 Å². The van der Waals surface area contributed by atoms with Crippen LogP contribution < -0.4 is 10.0 Å². The Hall–Kier alpha value is -1.47. The second-order valence-corrected chi connectivity index (χ2v) is 5.68. The zero-order valence-corrected chi connectivity index (χ0v) is 10.9. The third-order valence-corrected chi connectivity index (χ3v) is 3.98. The highest BCUT2D eigenvalue weighted by atomic mass is 32.2. The first-order chi connectivity index (χ1) is 8.43. The molecule has 0 aromatic heterocycles. The Morgan fingerprint density at radius 1 is 1.39 bits per heavy atom. The van der Waals surface area contributed by atoms with E-state index in [0.717, 1.165) is 0 Å². The van der Waals surface area contributed by atoms with Crippen LogP contribution in [0.15, 0.2) is 18.2 Å². The number of hydrogen-bond donors (Lipinski definition) is 2. The van der Waals surface area contributed by atoms with Crippen LogP contribution in [0.25, 0.3) is 0 Å². The van der Waals surface area contributed by atoms with Crippen molar-refractivity contribution in [3.63, 3.8) is 0 Å². The Morgan fingerprint density at radius 3 is 2.56 bits per heavy atom. The fourth-order valence-corrected chi connectivity index (χ4v) is 2.49. The van der Waals surface area contributed by atoms with Gasteiger partial charge in [-0.2, -0.15) is 0 Å². The molecular formula is C11H15FN2O3S. The van der Waals surface area contributed by atoms with Crippen LogP contribution in [0.3, 0.4) is 0 Å². The number of rotatable bonds is 6. The molecule has 0 spiro atoms. The number of sulfonamides is 1. The van der Waals surface area contributed by atoms with Gasteiger partial charge >= 0.3 is 0 Å². The first kappa shape index (κ1) is 14.6. The molecule has 1 unspecified atom stereocenters. The molecule has 1 aromatic rings. The quantitative estimate of drug-likeness (QED) is 0.749. The standard InChI is InChI=1S/C11H15FN2O3S/c1-13-11-5-9(12)3-4-10(11)8(6-15)7-18(16,17)14-2/h3-6,8,13-14H,7H2,1-2H3. The number of carbonyl (C=O) groups is 1. The second kappa shape index (κ2) is 5.92. The summed E-state index contributed by atoms with van der Waals surface area (Å²) in [6, 6.07) is 3.82. The maximum absolute atomic E-state index is 13.0. The molecule has 5 nitrogen and oxygen atoms in total. The van der Waals surface area contributed by atoms with E-state index in [4.69, 9.17) is 0 Å². The van der Waals surface area contributed by atoms with Gasteiger partial charge in [0.2, 0.25) is 10.0 Å². The van der Waals surface area contributed by atoms with Gasteiger partial charge in [-0.1, -0.05) is 6.07 Å². The van der Waals surface area contributed by atoms with E-state index in [1.54, 1.807) is 7.05 Å². The second-order valence-electron chi connectivity index (χ2n) is 3.71. The first-order valence-electron chi connectivity index (χ1n) is 5.27. The number of benzene rings is 1. The Labute approximate surface area is 105 Å². The maximum atomic E-state index is 13.0. The van der Waals surface area contributed by atoms with Crippen LogP contribution in [-0.2, 0) is 14.8 Å².